The van der Waals surface area contributed by atoms with Crippen molar-refractivity contribution in [3.63, 3.8) is 0 Å². The number of aliphatic carboxylic acids is 1. The molecular formula is C14H25NO3. The minimum absolute atomic E-state index is 0.0798. The van der Waals surface area contributed by atoms with Gasteiger partial charge in [0.15, 0.2) is 0 Å². The summed E-state index contributed by atoms with van der Waals surface area (Å²) in [7, 11) is 1.79. The number of nitrogens with zero attached hydrogens (tertiary/aromatic N) is 1. The number of carboxylic acid groups (broad SMARTS) is 1. The lowest BCUT2D eigenvalue weighted by Gasteiger charge is -2.39. The maximum Gasteiger partial charge on any atom is 0.303 e. The zero-order valence-corrected chi connectivity index (χ0v) is 11.7. The lowest BCUT2D eigenvalue weighted by molar-refractivity contribution is -0.141. The first kappa shape index (κ1) is 15.0. The van der Waals surface area contributed by atoms with Crippen molar-refractivity contribution in [3.8, 4) is 0 Å². The van der Waals surface area contributed by atoms with Gasteiger partial charge in [0.2, 0.25) is 5.91 Å². The zero-order chi connectivity index (χ0) is 13.8. The number of carbonyl (C=O) groups is 2. The molecule has 1 unspecified atom stereocenters. The fourth-order valence-electron chi connectivity index (χ4n) is 2.80. The van der Waals surface area contributed by atoms with Gasteiger partial charge in [0.25, 0.3) is 0 Å². The van der Waals surface area contributed by atoms with Gasteiger partial charge in [-0.1, -0.05) is 26.7 Å². The van der Waals surface area contributed by atoms with Gasteiger partial charge in [-0.25, -0.2) is 0 Å². The SMILES string of the molecule is CN(CCCC(=O)O)C(=O)C1CCCCC1(C)C. The van der Waals surface area contributed by atoms with Gasteiger partial charge in [0.1, 0.15) is 0 Å². The first-order valence-electron chi connectivity index (χ1n) is 6.81. The van der Waals surface area contributed by atoms with Gasteiger partial charge in [0, 0.05) is 25.9 Å². The Morgan fingerprint density at radius 1 is 1.33 bits per heavy atom. The minimum atomic E-state index is -0.797. The quantitative estimate of drug-likeness (QED) is 0.821. The van der Waals surface area contributed by atoms with Crippen molar-refractivity contribution in [2.45, 2.75) is 52.4 Å². The lowest BCUT2D eigenvalue weighted by Crippen LogP contribution is -2.42. The number of hydrogen-bond donors (Lipinski definition) is 1. The molecule has 0 radical (unpaired) electrons. The van der Waals surface area contributed by atoms with E-state index in [1.165, 1.54) is 6.42 Å². The molecule has 4 nitrogen and oxygen atoms in total. The third kappa shape index (κ3) is 4.00. The summed E-state index contributed by atoms with van der Waals surface area (Å²) in [4.78, 5) is 24.5. The monoisotopic (exact) mass is 255 g/mol. The van der Waals surface area contributed by atoms with Crippen molar-refractivity contribution >= 4 is 11.9 Å². The van der Waals surface area contributed by atoms with E-state index in [2.05, 4.69) is 13.8 Å². The van der Waals surface area contributed by atoms with E-state index in [0.717, 1.165) is 19.3 Å². The lowest BCUT2D eigenvalue weighted by atomic mass is 9.68. The second-order valence-electron chi connectivity index (χ2n) is 6.04. The molecule has 1 N–H and O–H groups in total. The van der Waals surface area contributed by atoms with Gasteiger partial charge in [-0.05, 0) is 24.7 Å². The predicted molar refractivity (Wildman–Crippen MR) is 70.2 cm³/mol. The average molecular weight is 255 g/mol. The van der Waals surface area contributed by atoms with Gasteiger partial charge in [0.05, 0.1) is 0 Å². The molecule has 1 saturated carbocycles. The highest BCUT2D eigenvalue weighted by atomic mass is 16.4. The van der Waals surface area contributed by atoms with Gasteiger partial charge >= 0.3 is 5.97 Å². The second kappa shape index (κ2) is 6.21. The third-order valence-corrected chi connectivity index (χ3v) is 4.07. The largest absolute Gasteiger partial charge is 0.481 e. The van der Waals surface area contributed by atoms with Crippen LogP contribution in [0.5, 0.6) is 0 Å². The Morgan fingerprint density at radius 3 is 2.56 bits per heavy atom. The molecule has 1 atom stereocenters. The molecule has 0 aromatic carbocycles. The smallest absolute Gasteiger partial charge is 0.303 e. The first-order valence-corrected chi connectivity index (χ1v) is 6.81. The van der Waals surface area contributed by atoms with Crippen LogP contribution < -0.4 is 0 Å². The van der Waals surface area contributed by atoms with Crippen molar-refractivity contribution in [3.05, 3.63) is 0 Å². The topological polar surface area (TPSA) is 57.6 Å². The number of amides is 1. The van der Waals surface area contributed by atoms with E-state index in [-0.39, 0.29) is 23.7 Å². The van der Waals surface area contributed by atoms with Crippen molar-refractivity contribution in [2.24, 2.45) is 11.3 Å². The molecule has 4 heteroatoms. The third-order valence-electron chi connectivity index (χ3n) is 4.07. The standard InChI is InChI=1S/C14H25NO3/c1-14(2)9-5-4-7-11(14)13(18)15(3)10-6-8-12(16)17/h11H,4-10H2,1-3H3,(H,16,17). The molecule has 18 heavy (non-hydrogen) atoms. The molecule has 1 amide bonds. The molecule has 0 aromatic rings. The van der Waals surface area contributed by atoms with Gasteiger partial charge in [-0.15, -0.1) is 0 Å². The van der Waals surface area contributed by atoms with E-state index in [9.17, 15) is 9.59 Å². The molecule has 0 aliphatic heterocycles. The van der Waals surface area contributed by atoms with Crippen LogP contribution in [0.1, 0.15) is 52.4 Å². The summed E-state index contributed by atoms with van der Waals surface area (Å²) in [6, 6.07) is 0. The molecular weight excluding hydrogens is 230 g/mol. The van der Waals surface area contributed by atoms with E-state index in [1.807, 2.05) is 0 Å². The molecule has 0 heterocycles. The Bertz CT molecular complexity index is 312. The normalized spacial score (nSPS) is 22.5. The van der Waals surface area contributed by atoms with Gasteiger partial charge in [-0.3, -0.25) is 9.59 Å². The molecule has 0 spiro atoms. The van der Waals surface area contributed by atoms with Crippen LogP contribution in [0.15, 0.2) is 0 Å². The fraction of sp³-hybridized carbons (Fsp3) is 0.857. The molecule has 1 rings (SSSR count). The predicted octanol–water partition coefficient (Wildman–Crippen LogP) is 2.53. The summed E-state index contributed by atoms with van der Waals surface area (Å²) < 4.78 is 0. The van der Waals surface area contributed by atoms with Crippen LogP contribution in [0.25, 0.3) is 0 Å². The fourth-order valence-corrected chi connectivity index (χ4v) is 2.80. The van der Waals surface area contributed by atoms with E-state index < -0.39 is 5.97 Å². The molecule has 0 saturated heterocycles. The summed E-state index contributed by atoms with van der Waals surface area (Å²) in [6.45, 7) is 4.87. The van der Waals surface area contributed by atoms with Crippen molar-refractivity contribution in [1.29, 1.82) is 0 Å². The summed E-state index contributed by atoms with van der Waals surface area (Å²) >= 11 is 0. The highest BCUT2D eigenvalue weighted by Gasteiger charge is 2.38. The number of carbonyl (C=O) groups excluding carboxylic acids is 1. The summed E-state index contributed by atoms with van der Waals surface area (Å²) in [5, 5.41) is 8.59. The number of rotatable bonds is 5. The summed E-state index contributed by atoms with van der Waals surface area (Å²) in [5.74, 6) is -0.514. The van der Waals surface area contributed by atoms with Crippen LogP contribution in [0.4, 0.5) is 0 Å². The molecule has 1 aliphatic carbocycles. The Hall–Kier alpha value is -1.06. The Morgan fingerprint density at radius 2 is 2.00 bits per heavy atom. The van der Waals surface area contributed by atoms with Gasteiger partial charge in [-0.2, -0.15) is 0 Å². The zero-order valence-electron chi connectivity index (χ0n) is 11.7. The van der Waals surface area contributed by atoms with E-state index in [4.69, 9.17) is 5.11 Å². The van der Waals surface area contributed by atoms with Crippen molar-refractivity contribution in [1.82, 2.24) is 4.90 Å². The van der Waals surface area contributed by atoms with Crippen LogP contribution >= 0.6 is 0 Å². The number of hydrogen-bond acceptors (Lipinski definition) is 2. The first-order chi connectivity index (χ1) is 8.34. The maximum atomic E-state index is 12.4. The van der Waals surface area contributed by atoms with Crippen LogP contribution in [0.2, 0.25) is 0 Å². The van der Waals surface area contributed by atoms with Crippen LogP contribution in [0.3, 0.4) is 0 Å². The average Bonchev–Trinajstić information content (AvgIpc) is 2.27. The Labute approximate surface area is 109 Å². The van der Waals surface area contributed by atoms with Crippen molar-refractivity contribution < 1.29 is 14.7 Å². The van der Waals surface area contributed by atoms with Crippen molar-refractivity contribution in [2.75, 3.05) is 13.6 Å². The van der Waals surface area contributed by atoms with E-state index >= 15 is 0 Å². The molecule has 0 bridgehead atoms. The highest BCUT2D eigenvalue weighted by molar-refractivity contribution is 5.79. The Balaban J connectivity index is 2.49. The molecule has 1 aliphatic rings. The summed E-state index contributed by atoms with van der Waals surface area (Å²) in [5.41, 5.74) is 0.0798. The van der Waals surface area contributed by atoms with Crippen LogP contribution in [0, 0.1) is 11.3 Å². The summed E-state index contributed by atoms with van der Waals surface area (Å²) in [6.07, 6.45) is 5.07. The Kier molecular flexibility index (Phi) is 5.17. The van der Waals surface area contributed by atoms with Gasteiger partial charge < -0.3 is 10.0 Å². The van der Waals surface area contributed by atoms with E-state index in [0.29, 0.717) is 13.0 Å². The molecule has 0 aromatic heterocycles. The minimum Gasteiger partial charge on any atom is -0.481 e. The second-order valence-corrected chi connectivity index (χ2v) is 6.04. The maximum absolute atomic E-state index is 12.4. The van der Waals surface area contributed by atoms with Crippen LogP contribution in [-0.2, 0) is 9.59 Å². The molecule has 1 fully saturated rings. The highest BCUT2D eigenvalue weighted by Crippen LogP contribution is 2.41. The molecule has 104 valence electrons. The number of carboxylic acids is 1. The van der Waals surface area contributed by atoms with E-state index in [1.54, 1.807) is 11.9 Å². The van der Waals surface area contributed by atoms with Crippen LogP contribution in [-0.4, -0.2) is 35.5 Å².